The van der Waals surface area contributed by atoms with Crippen molar-refractivity contribution in [2.75, 3.05) is 6.54 Å². The van der Waals surface area contributed by atoms with E-state index in [1.54, 1.807) is 0 Å². The zero-order chi connectivity index (χ0) is 14.5. The molecular weight excluding hydrogens is 242 g/mol. The number of nitrogens with zero attached hydrogens (tertiary/aromatic N) is 1. The topological polar surface area (TPSA) is 87.7 Å². The Labute approximate surface area is 116 Å². The van der Waals surface area contributed by atoms with Crippen LogP contribution in [0.3, 0.4) is 0 Å². The van der Waals surface area contributed by atoms with Gasteiger partial charge in [-0.2, -0.15) is 0 Å². The number of carbonyl (C=O) groups is 1. The van der Waals surface area contributed by atoms with E-state index in [4.69, 9.17) is 10.9 Å². The smallest absolute Gasteiger partial charge is 0.220 e. The molecule has 0 bridgehead atoms. The van der Waals surface area contributed by atoms with E-state index in [0.717, 1.165) is 12.8 Å². The third-order valence-corrected chi connectivity index (χ3v) is 3.23. The van der Waals surface area contributed by atoms with Gasteiger partial charge in [-0.1, -0.05) is 57.5 Å². The number of nitrogens with two attached hydrogens (primary N) is 1. The predicted molar refractivity (Wildman–Crippen MR) is 78.2 cm³/mol. The number of oxime groups is 1. The van der Waals surface area contributed by atoms with Crippen molar-refractivity contribution in [2.45, 2.75) is 65.2 Å². The summed E-state index contributed by atoms with van der Waals surface area (Å²) in [7, 11) is 0. The molecule has 0 aliphatic rings. The minimum absolute atomic E-state index is 0.0474. The molecule has 19 heavy (non-hydrogen) atoms. The van der Waals surface area contributed by atoms with Gasteiger partial charge < -0.3 is 16.3 Å². The minimum atomic E-state index is -0.136. The molecule has 0 aromatic carbocycles. The molecule has 5 nitrogen and oxygen atoms in total. The molecule has 1 unspecified atom stereocenters. The van der Waals surface area contributed by atoms with E-state index in [9.17, 15) is 4.79 Å². The van der Waals surface area contributed by atoms with E-state index in [1.807, 2.05) is 6.92 Å². The molecule has 5 heteroatoms. The van der Waals surface area contributed by atoms with Crippen LogP contribution < -0.4 is 11.1 Å². The molecule has 0 rings (SSSR count). The van der Waals surface area contributed by atoms with E-state index < -0.39 is 0 Å². The van der Waals surface area contributed by atoms with E-state index in [2.05, 4.69) is 17.4 Å². The number of unbranched alkanes of at least 4 members (excludes halogenated alkanes) is 6. The van der Waals surface area contributed by atoms with Crippen molar-refractivity contribution in [3.8, 4) is 0 Å². The number of carbonyl (C=O) groups excluding carboxylic acids is 1. The van der Waals surface area contributed by atoms with E-state index in [-0.39, 0.29) is 17.7 Å². The van der Waals surface area contributed by atoms with Crippen LogP contribution in [0, 0.1) is 5.92 Å². The van der Waals surface area contributed by atoms with Gasteiger partial charge in [-0.3, -0.25) is 4.79 Å². The van der Waals surface area contributed by atoms with Gasteiger partial charge in [0, 0.05) is 18.9 Å². The Balaban J connectivity index is 3.45. The summed E-state index contributed by atoms with van der Waals surface area (Å²) >= 11 is 0. The van der Waals surface area contributed by atoms with Crippen LogP contribution in [0.2, 0.25) is 0 Å². The van der Waals surface area contributed by atoms with E-state index >= 15 is 0 Å². The molecule has 0 saturated heterocycles. The van der Waals surface area contributed by atoms with Crippen LogP contribution >= 0.6 is 0 Å². The summed E-state index contributed by atoms with van der Waals surface area (Å²) < 4.78 is 0. The summed E-state index contributed by atoms with van der Waals surface area (Å²) in [5, 5.41) is 14.2. The molecule has 0 aromatic heterocycles. The lowest BCUT2D eigenvalue weighted by atomic mass is 10.1. The SMILES string of the molecule is CCCCCCCCCC(=O)NCC(C)C(N)=NO. The van der Waals surface area contributed by atoms with Gasteiger partial charge in [0.1, 0.15) is 5.84 Å². The van der Waals surface area contributed by atoms with Gasteiger partial charge >= 0.3 is 0 Å². The summed E-state index contributed by atoms with van der Waals surface area (Å²) in [6, 6.07) is 0. The van der Waals surface area contributed by atoms with Crippen molar-refractivity contribution >= 4 is 11.7 Å². The third-order valence-electron chi connectivity index (χ3n) is 3.23. The highest BCUT2D eigenvalue weighted by Gasteiger charge is 2.09. The molecule has 0 radical (unpaired) electrons. The molecule has 0 saturated carbocycles. The molecule has 0 spiro atoms. The second-order valence-corrected chi connectivity index (χ2v) is 5.10. The first-order chi connectivity index (χ1) is 9.11. The van der Waals surface area contributed by atoms with Crippen molar-refractivity contribution in [2.24, 2.45) is 16.8 Å². The van der Waals surface area contributed by atoms with Gasteiger partial charge in [0.05, 0.1) is 0 Å². The largest absolute Gasteiger partial charge is 0.409 e. The third kappa shape index (κ3) is 10.4. The molecule has 0 heterocycles. The Hall–Kier alpha value is -1.26. The molecule has 0 aromatic rings. The first kappa shape index (κ1) is 17.7. The zero-order valence-corrected chi connectivity index (χ0v) is 12.3. The highest BCUT2D eigenvalue weighted by molar-refractivity contribution is 5.83. The summed E-state index contributed by atoms with van der Waals surface area (Å²) in [4.78, 5) is 11.5. The standard InChI is InChI=1S/C14H29N3O2/c1-3-4-5-6-7-8-9-10-13(18)16-11-12(2)14(15)17-19/h12,19H,3-11H2,1-2H3,(H2,15,17)(H,16,18). The Morgan fingerprint density at radius 3 is 2.37 bits per heavy atom. The second-order valence-electron chi connectivity index (χ2n) is 5.10. The molecule has 1 amide bonds. The van der Waals surface area contributed by atoms with E-state index in [0.29, 0.717) is 13.0 Å². The monoisotopic (exact) mass is 271 g/mol. The molecular formula is C14H29N3O2. The van der Waals surface area contributed by atoms with Gasteiger partial charge in [0.15, 0.2) is 0 Å². The first-order valence-electron chi connectivity index (χ1n) is 7.35. The zero-order valence-electron chi connectivity index (χ0n) is 12.3. The Kier molecular flexibility index (Phi) is 11.0. The lowest BCUT2D eigenvalue weighted by Gasteiger charge is -2.10. The van der Waals surface area contributed by atoms with Gasteiger partial charge in [0.25, 0.3) is 0 Å². The van der Waals surface area contributed by atoms with Crippen LogP contribution in [-0.4, -0.2) is 23.5 Å². The Bertz CT molecular complexity index is 267. The van der Waals surface area contributed by atoms with Crippen molar-refractivity contribution in [3.05, 3.63) is 0 Å². The molecule has 0 fully saturated rings. The molecule has 4 N–H and O–H groups in total. The maximum Gasteiger partial charge on any atom is 0.220 e. The van der Waals surface area contributed by atoms with Crippen molar-refractivity contribution in [3.63, 3.8) is 0 Å². The van der Waals surface area contributed by atoms with Crippen molar-refractivity contribution in [1.82, 2.24) is 5.32 Å². The minimum Gasteiger partial charge on any atom is -0.409 e. The quantitative estimate of drug-likeness (QED) is 0.177. The summed E-state index contributed by atoms with van der Waals surface area (Å²) in [6.45, 7) is 4.44. The van der Waals surface area contributed by atoms with Crippen LogP contribution in [0.5, 0.6) is 0 Å². The highest BCUT2D eigenvalue weighted by atomic mass is 16.4. The van der Waals surface area contributed by atoms with Gasteiger partial charge in [-0.05, 0) is 6.42 Å². The molecule has 1 atom stereocenters. The fraction of sp³-hybridized carbons (Fsp3) is 0.857. The van der Waals surface area contributed by atoms with Crippen LogP contribution in [0.4, 0.5) is 0 Å². The normalized spacial score (nSPS) is 13.3. The summed E-state index contributed by atoms with van der Waals surface area (Å²) in [5.41, 5.74) is 5.43. The first-order valence-corrected chi connectivity index (χ1v) is 7.35. The number of amidine groups is 1. The van der Waals surface area contributed by atoms with Crippen molar-refractivity contribution < 1.29 is 10.0 Å². The number of nitrogens with one attached hydrogen (secondary N) is 1. The number of hydrogen-bond acceptors (Lipinski definition) is 3. The fourth-order valence-electron chi connectivity index (χ4n) is 1.80. The average molecular weight is 271 g/mol. The molecule has 0 aliphatic carbocycles. The maximum atomic E-state index is 11.5. The van der Waals surface area contributed by atoms with Gasteiger partial charge in [-0.25, -0.2) is 0 Å². The second kappa shape index (κ2) is 11.8. The van der Waals surface area contributed by atoms with Gasteiger partial charge in [0.2, 0.25) is 5.91 Å². The lowest BCUT2D eigenvalue weighted by molar-refractivity contribution is -0.121. The summed E-state index contributed by atoms with van der Waals surface area (Å²) in [6.07, 6.45) is 9.00. The Morgan fingerprint density at radius 1 is 1.21 bits per heavy atom. The summed E-state index contributed by atoms with van der Waals surface area (Å²) in [5.74, 6) is 0.0605. The average Bonchev–Trinajstić information content (AvgIpc) is 2.42. The van der Waals surface area contributed by atoms with E-state index in [1.165, 1.54) is 32.1 Å². The molecule has 0 aliphatic heterocycles. The maximum absolute atomic E-state index is 11.5. The van der Waals surface area contributed by atoms with Crippen LogP contribution in [-0.2, 0) is 4.79 Å². The predicted octanol–water partition coefficient (Wildman–Crippen LogP) is 2.63. The fourth-order valence-corrected chi connectivity index (χ4v) is 1.80. The van der Waals surface area contributed by atoms with Crippen LogP contribution in [0.15, 0.2) is 5.16 Å². The number of amides is 1. The van der Waals surface area contributed by atoms with Crippen LogP contribution in [0.25, 0.3) is 0 Å². The lowest BCUT2D eigenvalue weighted by Crippen LogP contribution is -2.34. The Morgan fingerprint density at radius 2 is 1.79 bits per heavy atom. The van der Waals surface area contributed by atoms with Gasteiger partial charge in [-0.15, -0.1) is 0 Å². The highest BCUT2D eigenvalue weighted by Crippen LogP contribution is 2.08. The van der Waals surface area contributed by atoms with Crippen LogP contribution in [0.1, 0.15) is 65.2 Å². The number of hydrogen-bond donors (Lipinski definition) is 3. The molecule has 112 valence electrons. The number of rotatable bonds is 11. The van der Waals surface area contributed by atoms with Crippen molar-refractivity contribution in [1.29, 1.82) is 0 Å².